The molecule has 4 heterocycles. The van der Waals surface area contributed by atoms with Gasteiger partial charge in [0.1, 0.15) is 11.3 Å². The third kappa shape index (κ3) is 5.72. The van der Waals surface area contributed by atoms with Crippen LogP contribution in [-0.4, -0.2) is 84.4 Å². The number of aromatic nitrogens is 4. The Morgan fingerprint density at radius 1 is 1.17 bits per heavy atom. The van der Waals surface area contributed by atoms with Crippen molar-refractivity contribution in [2.24, 2.45) is 0 Å². The van der Waals surface area contributed by atoms with Gasteiger partial charge in [-0.3, -0.25) is 9.59 Å². The zero-order valence-electron chi connectivity index (χ0n) is 26.0. The summed E-state index contributed by atoms with van der Waals surface area (Å²) in [5.41, 5.74) is 8.65. The number of likely N-dealkylation sites (tertiary alicyclic amines) is 1. The largest absolute Gasteiger partial charge is 0.382 e. The third-order valence-corrected chi connectivity index (χ3v) is 9.99. The van der Waals surface area contributed by atoms with Gasteiger partial charge in [-0.25, -0.2) is 12.3 Å². The summed E-state index contributed by atoms with van der Waals surface area (Å²) in [5.74, 6) is 0.261. The average Bonchev–Trinajstić information content (AvgIpc) is 3.67. The topological polar surface area (TPSA) is 126 Å². The van der Waals surface area contributed by atoms with Gasteiger partial charge in [0.25, 0.3) is 0 Å². The molecule has 46 heavy (non-hydrogen) atoms. The monoisotopic (exact) mass is 759 g/mol. The molecule has 2 atom stereocenters. The third-order valence-electron chi connectivity index (χ3n) is 8.95. The van der Waals surface area contributed by atoms with Gasteiger partial charge in [0.15, 0.2) is 11.6 Å². The van der Waals surface area contributed by atoms with Crippen molar-refractivity contribution in [1.29, 1.82) is 0 Å². The molecule has 242 valence electrons. The Morgan fingerprint density at radius 2 is 1.91 bits per heavy atom. The van der Waals surface area contributed by atoms with Crippen LogP contribution in [0.25, 0.3) is 32.9 Å². The summed E-state index contributed by atoms with van der Waals surface area (Å²) in [6.45, 7) is 12.2. The molecular weight excluding hydrogens is 724 g/mol. The van der Waals surface area contributed by atoms with Crippen LogP contribution in [-0.2, 0) is 9.59 Å². The molecule has 2 aliphatic heterocycles. The average molecular weight is 760 g/mol. The number of anilines is 3. The zero-order valence-corrected chi connectivity index (χ0v) is 28.9. The first-order valence-corrected chi connectivity index (χ1v) is 16.7. The van der Waals surface area contributed by atoms with Crippen LogP contribution in [0.15, 0.2) is 30.9 Å². The SMILES string of the molecule is C=CC(=O)N1C[C@H](C)N(c2nc(NCCC(=O)N3CCCC3)nc3c(F)c(-c4c(C)ccc5c4c(N)nn5I)c(Cl)cc23)C[C@H]1C. The van der Waals surface area contributed by atoms with E-state index in [2.05, 4.69) is 26.9 Å². The van der Waals surface area contributed by atoms with E-state index in [1.165, 1.54) is 6.08 Å². The van der Waals surface area contributed by atoms with E-state index in [9.17, 15) is 9.59 Å². The van der Waals surface area contributed by atoms with Gasteiger partial charge in [0.05, 0.1) is 38.8 Å². The molecule has 2 saturated heterocycles. The number of nitrogens with two attached hydrogens (primary N) is 1. The second-order valence-corrected chi connectivity index (χ2v) is 13.3. The highest BCUT2D eigenvalue weighted by molar-refractivity contribution is 14.1. The lowest BCUT2D eigenvalue weighted by Crippen LogP contribution is -2.58. The van der Waals surface area contributed by atoms with Crippen LogP contribution >= 0.6 is 34.5 Å². The molecule has 2 fully saturated rings. The highest BCUT2D eigenvalue weighted by Gasteiger charge is 2.34. The normalized spacial score (nSPS) is 18.5. The predicted molar refractivity (Wildman–Crippen MR) is 189 cm³/mol. The molecular formula is C32H36ClFIN9O2. The Morgan fingerprint density at radius 3 is 2.63 bits per heavy atom. The fourth-order valence-corrected chi connectivity index (χ4v) is 7.51. The number of fused-ring (bicyclic) bond motifs is 2. The summed E-state index contributed by atoms with van der Waals surface area (Å²) in [5, 5.41) is 8.76. The van der Waals surface area contributed by atoms with E-state index in [-0.39, 0.29) is 58.2 Å². The zero-order chi connectivity index (χ0) is 32.9. The first-order chi connectivity index (χ1) is 22.0. The second kappa shape index (κ2) is 12.8. The fourth-order valence-electron chi connectivity index (χ4n) is 6.59. The maximum atomic E-state index is 17.0. The van der Waals surface area contributed by atoms with E-state index >= 15 is 4.39 Å². The minimum atomic E-state index is -0.611. The van der Waals surface area contributed by atoms with Crippen LogP contribution in [0.5, 0.6) is 0 Å². The van der Waals surface area contributed by atoms with Crippen molar-refractivity contribution in [2.45, 2.75) is 52.1 Å². The molecule has 0 unspecified atom stereocenters. The highest BCUT2D eigenvalue weighted by Crippen LogP contribution is 2.44. The minimum Gasteiger partial charge on any atom is -0.382 e. The van der Waals surface area contributed by atoms with Crippen molar-refractivity contribution in [3.63, 3.8) is 0 Å². The van der Waals surface area contributed by atoms with Crippen molar-refractivity contribution in [1.82, 2.24) is 27.8 Å². The maximum absolute atomic E-state index is 17.0. The maximum Gasteiger partial charge on any atom is 0.246 e. The molecule has 0 saturated carbocycles. The lowest BCUT2D eigenvalue weighted by Gasteiger charge is -2.44. The summed E-state index contributed by atoms with van der Waals surface area (Å²) in [6.07, 6.45) is 3.61. The van der Waals surface area contributed by atoms with Gasteiger partial charge in [-0.15, -0.1) is 5.10 Å². The number of nitrogens with one attached hydrogen (secondary N) is 1. The highest BCUT2D eigenvalue weighted by atomic mass is 127. The van der Waals surface area contributed by atoms with Crippen molar-refractivity contribution < 1.29 is 14.0 Å². The van der Waals surface area contributed by atoms with E-state index in [1.807, 2.05) is 60.7 Å². The van der Waals surface area contributed by atoms with Gasteiger partial charge in [-0.1, -0.05) is 24.2 Å². The Hall–Kier alpha value is -3.72. The predicted octanol–water partition coefficient (Wildman–Crippen LogP) is 5.56. The number of carbonyl (C=O) groups is 2. The second-order valence-electron chi connectivity index (χ2n) is 12.0. The van der Waals surface area contributed by atoms with Gasteiger partial charge in [-0.05, 0) is 57.4 Å². The molecule has 11 nitrogen and oxygen atoms in total. The Labute approximate surface area is 285 Å². The molecule has 2 amide bonds. The molecule has 0 spiro atoms. The molecule has 14 heteroatoms. The number of rotatable bonds is 7. The van der Waals surface area contributed by atoms with Crippen molar-refractivity contribution in [3.8, 4) is 11.1 Å². The van der Waals surface area contributed by atoms with Crippen LogP contribution in [0.2, 0.25) is 5.02 Å². The Balaban J connectivity index is 1.48. The first kappa shape index (κ1) is 32.2. The van der Waals surface area contributed by atoms with Gasteiger partial charge in [0, 0.05) is 67.7 Å². The van der Waals surface area contributed by atoms with E-state index in [1.54, 1.807) is 13.9 Å². The van der Waals surface area contributed by atoms with Crippen LogP contribution in [0.1, 0.15) is 38.7 Å². The number of nitrogens with zero attached hydrogens (tertiary/aromatic N) is 7. The van der Waals surface area contributed by atoms with Crippen molar-refractivity contribution in [3.05, 3.63) is 47.3 Å². The number of hydrogen-bond acceptors (Lipinski definition) is 8. The van der Waals surface area contributed by atoms with Crippen LogP contribution in [0, 0.1) is 12.7 Å². The molecule has 0 bridgehead atoms. The number of hydrogen-bond donors (Lipinski definition) is 2. The lowest BCUT2D eigenvalue weighted by atomic mass is 9.94. The number of amides is 2. The smallest absolute Gasteiger partial charge is 0.246 e. The van der Waals surface area contributed by atoms with E-state index in [0.29, 0.717) is 41.8 Å². The fraction of sp³-hybridized carbons (Fsp3) is 0.406. The summed E-state index contributed by atoms with van der Waals surface area (Å²) in [6, 6.07) is 5.16. The standard InChI is InChI=1S/C32H36ClFIN9O2/c1-5-23(45)42-15-19(4)43(16-18(42)3)31-20-14-21(33)26(25-17(2)8-9-22-27(25)30(36)40-44(22)35)28(34)29(20)38-32(39-31)37-11-10-24(46)41-12-6-7-13-41/h5,8-9,14,18-19H,1,6-7,10-13,15-16H2,2-4H3,(H2,36,40)(H,37,38,39)/t18-,19+/m1/s1. The number of benzene rings is 2. The number of aryl methyl sites for hydroxylation is 1. The summed E-state index contributed by atoms with van der Waals surface area (Å²) >= 11 is 8.99. The van der Waals surface area contributed by atoms with Gasteiger partial charge < -0.3 is 25.8 Å². The molecule has 2 aliphatic rings. The molecule has 0 aliphatic carbocycles. The van der Waals surface area contributed by atoms with Gasteiger partial charge in [-0.2, -0.15) is 4.98 Å². The number of piperazine rings is 1. The first-order valence-electron chi connectivity index (χ1n) is 15.4. The van der Waals surface area contributed by atoms with E-state index in [0.717, 1.165) is 37.0 Å². The molecule has 3 N–H and O–H groups in total. The van der Waals surface area contributed by atoms with Gasteiger partial charge >= 0.3 is 0 Å². The number of halogens is 3. The number of carbonyl (C=O) groups excluding carboxylic acids is 2. The van der Waals surface area contributed by atoms with E-state index in [4.69, 9.17) is 22.3 Å². The van der Waals surface area contributed by atoms with Gasteiger partial charge in [0.2, 0.25) is 17.8 Å². The minimum absolute atomic E-state index is 0.0636. The molecule has 2 aromatic heterocycles. The molecule has 0 radical (unpaired) electrons. The summed E-state index contributed by atoms with van der Waals surface area (Å²) in [7, 11) is 0. The lowest BCUT2D eigenvalue weighted by molar-refractivity contribution is -0.130. The van der Waals surface area contributed by atoms with Crippen molar-refractivity contribution in [2.75, 3.05) is 48.7 Å². The van der Waals surface area contributed by atoms with E-state index < -0.39 is 5.82 Å². The van der Waals surface area contributed by atoms with Crippen molar-refractivity contribution >= 4 is 85.7 Å². The Bertz CT molecular complexity index is 1880. The molecule has 6 rings (SSSR count). The summed E-state index contributed by atoms with van der Waals surface area (Å²) < 4.78 is 18.6. The molecule has 4 aromatic rings. The van der Waals surface area contributed by atoms with Crippen LogP contribution in [0.3, 0.4) is 0 Å². The quantitative estimate of drug-likeness (QED) is 0.185. The Kier molecular flexibility index (Phi) is 8.98. The van der Waals surface area contributed by atoms with Crippen LogP contribution < -0.4 is 16.0 Å². The molecule has 2 aromatic carbocycles. The number of nitrogen functional groups attached to an aromatic ring is 1. The van der Waals surface area contributed by atoms with Crippen LogP contribution in [0.4, 0.5) is 22.0 Å². The summed E-state index contributed by atoms with van der Waals surface area (Å²) in [4.78, 5) is 40.5.